The second-order valence-electron chi connectivity index (χ2n) is 9.21. The average Bonchev–Trinajstić information content (AvgIpc) is 2.86. The van der Waals surface area contributed by atoms with Crippen LogP contribution >= 0.6 is 0 Å². The fourth-order valence-corrected chi connectivity index (χ4v) is 8.36. The Morgan fingerprint density at radius 3 is 2.12 bits per heavy atom. The van der Waals surface area contributed by atoms with Crippen molar-refractivity contribution in [3.8, 4) is 0 Å². The number of nitrogens with zero attached hydrogens (tertiary/aromatic N) is 1. The molecule has 0 N–H and O–H groups in total. The number of sulfone groups is 1. The summed E-state index contributed by atoms with van der Waals surface area (Å²) in [4.78, 5) is 14.7. The highest BCUT2D eigenvalue weighted by Gasteiger charge is 2.51. The molecule has 5 rings (SSSR count). The van der Waals surface area contributed by atoms with Crippen LogP contribution in [0.25, 0.3) is 0 Å². The van der Waals surface area contributed by atoms with Gasteiger partial charge in [-0.15, -0.1) is 0 Å². The lowest BCUT2D eigenvalue weighted by Gasteiger charge is -2.57. The highest BCUT2D eigenvalue weighted by atomic mass is 32.2. The van der Waals surface area contributed by atoms with E-state index < -0.39 is 9.84 Å². The second kappa shape index (κ2) is 6.11. The molecule has 5 fully saturated rings. The molecule has 4 saturated carbocycles. The maximum absolute atomic E-state index is 12.9. The van der Waals surface area contributed by atoms with Gasteiger partial charge in [-0.2, -0.15) is 0 Å². The summed E-state index contributed by atoms with van der Waals surface area (Å²) < 4.78 is 23.6. The number of allylic oxidation sites excluding steroid dienone is 1. The lowest BCUT2D eigenvalue weighted by atomic mass is 9.48. The van der Waals surface area contributed by atoms with Crippen molar-refractivity contribution in [2.24, 2.45) is 23.2 Å². The molecule has 0 radical (unpaired) electrons. The zero-order chi connectivity index (χ0) is 17.8. The predicted molar refractivity (Wildman–Crippen MR) is 98.8 cm³/mol. The Morgan fingerprint density at radius 1 is 1.12 bits per heavy atom. The van der Waals surface area contributed by atoms with E-state index in [-0.39, 0.29) is 28.9 Å². The van der Waals surface area contributed by atoms with Gasteiger partial charge in [-0.1, -0.05) is 5.57 Å². The third-order valence-corrected chi connectivity index (χ3v) is 9.24. The van der Waals surface area contributed by atoms with Crippen LogP contribution in [0.15, 0.2) is 11.6 Å². The number of rotatable bonds is 4. The van der Waals surface area contributed by atoms with Crippen LogP contribution in [0.4, 0.5) is 0 Å². The molecule has 4 nitrogen and oxygen atoms in total. The van der Waals surface area contributed by atoms with Gasteiger partial charge in [0.25, 0.3) is 0 Å². The van der Waals surface area contributed by atoms with Crippen LogP contribution in [0.5, 0.6) is 0 Å². The fraction of sp³-hybridized carbons (Fsp3) is 0.850. The molecule has 0 aromatic carbocycles. The summed E-state index contributed by atoms with van der Waals surface area (Å²) in [6, 6.07) is -0.136. The first kappa shape index (κ1) is 17.6. The monoisotopic (exact) mass is 365 g/mol. The summed E-state index contributed by atoms with van der Waals surface area (Å²) >= 11 is 0. The molecule has 1 saturated heterocycles. The van der Waals surface area contributed by atoms with E-state index in [9.17, 15) is 13.2 Å². The molecule has 1 amide bonds. The van der Waals surface area contributed by atoms with Gasteiger partial charge in [-0.05, 0) is 82.0 Å². The number of amides is 1. The van der Waals surface area contributed by atoms with Crippen LogP contribution in [0.1, 0.15) is 58.8 Å². The van der Waals surface area contributed by atoms with Gasteiger partial charge in [0.05, 0.1) is 11.5 Å². The van der Waals surface area contributed by atoms with E-state index in [0.29, 0.717) is 13.0 Å². The van der Waals surface area contributed by atoms with Gasteiger partial charge in [-0.3, -0.25) is 4.79 Å². The van der Waals surface area contributed by atoms with E-state index in [4.69, 9.17) is 0 Å². The lowest BCUT2D eigenvalue weighted by Crippen LogP contribution is -2.47. The molecule has 5 aliphatic rings. The van der Waals surface area contributed by atoms with Crippen molar-refractivity contribution in [2.45, 2.75) is 64.8 Å². The molecule has 1 atom stereocenters. The molecule has 0 aromatic rings. The van der Waals surface area contributed by atoms with Crippen LogP contribution < -0.4 is 0 Å². The zero-order valence-corrected chi connectivity index (χ0v) is 16.4. The molecule has 25 heavy (non-hydrogen) atoms. The Labute approximate surface area is 152 Å². The van der Waals surface area contributed by atoms with Gasteiger partial charge in [0.15, 0.2) is 9.84 Å². The van der Waals surface area contributed by atoms with Gasteiger partial charge in [0, 0.05) is 18.7 Å². The van der Waals surface area contributed by atoms with Gasteiger partial charge in [-0.25, -0.2) is 8.42 Å². The summed E-state index contributed by atoms with van der Waals surface area (Å²) in [6.07, 6.45) is 10.5. The van der Waals surface area contributed by atoms with Gasteiger partial charge in [0.1, 0.15) is 0 Å². The summed E-state index contributed by atoms with van der Waals surface area (Å²) in [6.45, 7) is 4.70. The number of hydrogen-bond donors (Lipinski definition) is 0. The van der Waals surface area contributed by atoms with Crippen molar-refractivity contribution >= 4 is 15.7 Å². The van der Waals surface area contributed by atoms with Crippen LogP contribution in [0, 0.1) is 23.2 Å². The van der Waals surface area contributed by atoms with E-state index in [2.05, 4.69) is 6.92 Å². The molecule has 0 aromatic heterocycles. The van der Waals surface area contributed by atoms with Crippen molar-refractivity contribution in [3.63, 3.8) is 0 Å². The predicted octanol–water partition coefficient (Wildman–Crippen LogP) is 3.18. The summed E-state index contributed by atoms with van der Waals surface area (Å²) in [7, 11) is -2.96. The molecule has 140 valence electrons. The van der Waals surface area contributed by atoms with Crippen molar-refractivity contribution < 1.29 is 13.2 Å². The van der Waals surface area contributed by atoms with Crippen LogP contribution in [0.3, 0.4) is 0 Å². The van der Waals surface area contributed by atoms with Crippen LogP contribution in [-0.4, -0.2) is 43.3 Å². The van der Waals surface area contributed by atoms with Crippen molar-refractivity contribution in [1.29, 1.82) is 0 Å². The summed E-state index contributed by atoms with van der Waals surface area (Å²) in [5.41, 5.74) is 1.52. The Hall–Kier alpha value is -0.840. The van der Waals surface area contributed by atoms with Crippen LogP contribution in [-0.2, 0) is 14.6 Å². The average molecular weight is 366 g/mol. The molecule has 0 unspecified atom stereocenters. The zero-order valence-electron chi connectivity index (χ0n) is 15.5. The number of likely N-dealkylation sites (N-methyl/N-ethyl adjacent to an activating group) is 1. The molecule has 4 aliphatic carbocycles. The minimum atomic E-state index is -2.96. The maximum atomic E-state index is 12.9. The number of carbonyl (C=O) groups excluding carboxylic acids is 1. The molecule has 4 bridgehead atoms. The largest absolute Gasteiger partial charge is 0.335 e. The Balaban J connectivity index is 1.52. The van der Waals surface area contributed by atoms with E-state index in [1.165, 1.54) is 44.1 Å². The minimum absolute atomic E-state index is 0.0258. The molecule has 0 spiro atoms. The first-order valence-electron chi connectivity index (χ1n) is 10.00. The first-order valence-corrected chi connectivity index (χ1v) is 11.8. The SMILES string of the molecule is CCN(C(=O)/C=C(/C)C12CC3CC(CC(C3)C1)C2)[C@@H]1CCS(=O)(=O)C1. The molecule has 1 heterocycles. The maximum Gasteiger partial charge on any atom is 0.246 e. The quantitative estimate of drug-likeness (QED) is 0.719. The van der Waals surface area contributed by atoms with Crippen molar-refractivity contribution in [3.05, 3.63) is 11.6 Å². The van der Waals surface area contributed by atoms with Gasteiger partial charge >= 0.3 is 0 Å². The third kappa shape index (κ3) is 3.17. The van der Waals surface area contributed by atoms with E-state index in [0.717, 1.165) is 17.8 Å². The van der Waals surface area contributed by atoms with Crippen molar-refractivity contribution in [1.82, 2.24) is 4.90 Å². The lowest BCUT2D eigenvalue weighted by molar-refractivity contribution is -0.127. The second-order valence-corrected chi connectivity index (χ2v) is 11.4. The summed E-state index contributed by atoms with van der Waals surface area (Å²) in [5, 5.41) is 0. The third-order valence-electron chi connectivity index (χ3n) is 7.49. The minimum Gasteiger partial charge on any atom is -0.335 e. The van der Waals surface area contributed by atoms with Gasteiger partial charge < -0.3 is 4.90 Å². The van der Waals surface area contributed by atoms with E-state index in [1.807, 2.05) is 13.0 Å². The Kier molecular flexibility index (Phi) is 4.29. The standard InChI is InChI=1S/C20H31NO3S/c1-3-21(18-4-5-25(23,24)13-18)19(22)6-14(2)20-10-15-7-16(11-20)9-17(8-15)12-20/h6,15-18H,3-5,7-13H2,1-2H3/b14-6-/t15?,16?,17?,18-,20?/m1/s1. The number of hydrogen-bond acceptors (Lipinski definition) is 3. The molecule has 5 heteroatoms. The normalized spacial score (nSPS) is 41.9. The first-order chi connectivity index (χ1) is 11.8. The van der Waals surface area contributed by atoms with Crippen LogP contribution in [0.2, 0.25) is 0 Å². The smallest absolute Gasteiger partial charge is 0.246 e. The van der Waals surface area contributed by atoms with Gasteiger partial charge in [0.2, 0.25) is 5.91 Å². The Bertz CT molecular complexity index is 658. The highest BCUT2D eigenvalue weighted by molar-refractivity contribution is 7.91. The molecular formula is C20H31NO3S. The highest BCUT2D eigenvalue weighted by Crippen LogP contribution is 2.62. The topological polar surface area (TPSA) is 54.5 Å². The Morgan fingerprint density at radius 2 is 1.68 bits per heavy atom. The van der Waals surface area contributed by atoms with E-state index in [1.54, 1.807) is 4.90 Å². The van der Waals surface area contributed by atoms with Crippen molar-refractivity contribution in [2.75, 3.05) is 18.1 Å². The fourth-order valence-electron chi connectivity index (χ4n) is 6.63. The summed E-state index contributed by atoms with van der Waals surface area (Å²) in [5.74, 6) is 2.99. The van der Waals surface area contributed by atoms with E-state index >= 15 is 0 Å². The molecule has 1 aliphatic heterocycles. The molecular weight excluding hydrogens is 334 g/mol. The number of carbonyl (C=O) groups is 1.